The molecule has 1 atom stereocenters. The van der Waals surface area contributed by atoms with Crippen LogP contribution in [-0.2, 0) is 0 Å². The predicted octanol–water partition coefficient (Wildman–Crippen LogP) is 3.18. The highest BCUT2D eigenvalue weighted by atomic mass is 35.5. The summed E-state index contributed by atoms with van der Waals surface area (Å²) in [5.41, 5.74) is 1.67. The minimum absolute atomic E-state index is 0.526. The van der Waals surface area contributed by atoms with Crippen LogP contribution in [0, 0.1) is 11.3 Å². The summed E-state index contributed by atoms with van der Waals surface area (Å²) in [7, 11) is 0. The first kappa shape index (κ1) is 14.2. The number of nitrogens with one attached hydrogen (secondary N) is 1. The number of nitriles is 1. The van der Waals surface area contributed by atoms with Crippen LogP contribution in [0.15, 0.2) is 18.2 Å². The van der Waals surface area contributed by atoms with E-state index in [1.54, 1.807) is 0 Å². The van der Waals surface area contributed by atoms with Crippen molar-refractivity contribution in [1.82, 2.24) is 5.32 Å². The van der Waals surface area contributed by atoms with Crippen LogP contribution in [0.25, 0.3) is 0 Å². The molecule has 0 aromatic heterocycles. The topological polar surface area (TPSA) is 39.1 Å². The molecular weight excluding hydrogens is 258 g/mol. The summed E-state index contributed by atoms with van der Waals surface area (Å²) in [5.74, 6) is 0. The number of hydrogen-bond donors (Lipinski definition) is 1. The Morgan fingerprint density at radius 2 is 2.37 bits per heavy atom. The molecule has 0 saturated carbocycles. The Hall–Kier alpha value is -1.24. The van der Waals surface area contributed by atoms with Gasteiger partial charge in [-0.2, -0.15) is 5.26 Å². The normalized spacial score (nSPS) is 18.9. The van der Waals surface area contributed by atoms with Crippen LogP contribution in [-0.4, -0.2) is 25.7 Å². The van der Waals surface area contributed by atoms with E-state index in [1.165, 1.54) is 12.8 Å². The third kappa shape index (κ3) is 3.40. The molecule has 1 aromatic carbocycles. The Balaban J connectivity index is 2.22. The largest absolute Gasteiger partial charge is 0.367 e. The van der Waals surface area contributed by atoms with Gasteiger partial charge in [0.15, 0.2) is 0 Å². The number of anilines is 1. The van der Waals surface area contributed by atoms with Crippen LogP contribution in [0.4, 0.5) is 5.69 Å². The van der Waals surface area contributed by atoms with Crippen molar-refractivity contribution in [2.75, 3.05) is 24.5 Å². The molecule has 1 aliphatic rings. The maximum absolute atomic E-state index is 8.94. The molecule has 1 aliphatic heterocycles. The smallest absolute Gasteiger partial charge is 0.101 e. The summed E-state index contributed by atoms with van der Waals surface area (Å²) in [5, 5.41) is 12.9. The molecular formula is C15H20ClN3. The third-order valence-corrected chi connectivity index (χ3v) is 3.89. The van der Waals surface area contributed by atoms with Gasteiger partial charge in [-0.3, -0.25) is 0 Å². The van der Waals surface area contributed by atoms with E-state index in [2.05, 4.69) is 23.2 Å². The van der Waals surface area contributed by atoms with Gasteiger partial charge in [-0.25, -0.2) is 0 Å². The van der Waals surface area contributed by atoms with Gasteiger partial charge in [0.25, 0.3) is 0 Å². The Morgan fingerprint density at radius 1 is 1.53 bits per heavy atom. The summed E-state index contributed by atoms with van der Waals surface area (Å²) >= 11 is 6.15. The molecule has 2 rings (SSSR count). The Bertz CT molecular complexity index is 461. The number of piperidine rings is 1. The molecule has 0 radical (unpaired) electrons. The van der Waals surface area contributed by atoms with Crippen molar-refractivity contribution < 1.29 is 0 Å². The Labute approximate surface area is 120 Å². The molecule has 0 amide bonds. The average Bonchev–Trinajstić information content (AvgIpc) is 2.45. The molecule has 1 unspecified atom stereocenters. The van der Waals surface area contributed by atoms with Gasteiger partial charge in [-0.05, 0) is 44.0 Å². The number of benzene rings is 1. The summed E-state index contributed by atoms with van der Waals surface area (Å²) in [6, 6.07) is 8.38. The molecule has 1 aromatic rings. The summed E-state index contributed by atoms with van der Waals surface area (Å²) in [6.45, 7) is 5.35. The van der Waals surface area contributed by atoms with Crippen molar-refractivity contribution in [3.8, 4) is 6.07 Å². The van der Waals surface area contributed by atoms with Crippen LogP contribution in [0.1, 0.15) is 31.7 Å². The van der Waals surface area contributed by atoms with Crippen LogP contribution in [0.5, 0.6) is 0 Å². The fourth-order valence-electron chi connectivity index (χ4n) is 2.64. The lowest BCUT2D eigenvalue weighted by atomic mass is 10.0. The minimum Gasteiger partial charge on any atom is -0.367 e. The van der Waals surface area contributed by atoms with Crippen LogP contribution >= 0.6 is 11.6 Å². The first-order chi connectivity index (χ1) is 9.26. The van der Waals surface area contributed by atoms with Gasteiger partial charge in [0.1, 0.15) is 6.07 Å². The van der Waals surface area contributed by atoms with Crippen molar-refractivity contribution in [1.29, 1.82) is 5.26 Å². The first-order valence-corrected chi connectivity index (χ1v) is 7.31. The number of halogens is 1. The van der Waals surface area contributed by atoms with Crippen molar-refractivity contribution in [3.05, 3.63) is 28.8 Å². The molecule has 0 aliphatic carbocycles. The average molecular weight is 278 g/mol. The molecule has 1 saturated heterocycles. The second-order valence-corrected chi connectivity index (χ2v) is 5.38. The molecule has 3 nitrogen and oxygen atoms in total. The zero-order chi connectivity index (χ0) is 13.7. The second kappa shape index (κ2) is 6.79. The van der Waals surface area contributed by atoms with E-state index in [-0.39, 0.29) is 0 Å². The highest BCUT2D eigenvalue weighted by molar-refractivity contribution is 6.32. The lowest BCUT2D eigenvalue weighted by molar-refractivity contribution is 0.431. The van der Waals surface area contributed by atoms with Gasteiger partial charge >= 0.3 is 0 Å². The van der Waals surface area contributed by atoms with Gasteiger partial charge in [0.2, 0.25) is 0 Å². The number of rotatable bonds is 4. The lowest BCUT2D eigenvalue weighted by Crippen LogP contribution is -2.46. The molecule has 0 bridgehead atoms. The summed E-state index contributed by atoms with van der Waals surface area (Å²) in [4.78, 5) is 2.42. The SMILES string of the molecule is CCCN(c1ccc(C#N)c(Cl)c1)C1CCCNC1. The van der Waals surface area contributed by atoms with Gasteiger partial charge in [0.05, 0.1) is 10.6 Å². The highest BCUT2D eigenvalue weighted by Gasteiger charge is 2.21. The first-order valence-electron chi connectivity index (χ1n) is 6.93. The molecule has 1 N–H and O–H groups in total. The third-order valence-electron chi connectivity index (χ3n) is 3.58. The molecule has 1 heterocycles. The lowest BCUT2D eigenvalue weighted by Gasteiger charge is -2.36. The predicted molar refractivity (Wildman–Crippen MR) is 79.7 cm³/mol. The van der Waals surface area contributed by atoms with Crippen molar-refractivity contribution >= 4 is 17.3 Å². The fourth-order valence-corrected chi connectivity index (χ4v) is 2.85. The van der Waals surface area contributed by atoms with Crippen molar-refractivity contribution in [3.63, 3.8) is 0 Å². The second-order valence-electron chi connectivity index (χ2n) is 4.97. The van der Waals surface area contributed by atoms with Gasteiger partial charge in [-0.15, -0.1) is 0 Å². The molecule has 102 valence electrons. The molecule has 0 spiro atoms. The van der Waals surface area contributed by atoms with E-state index in [0.29, 0.717) is 16.6 Å². The summed E-state index contributed by atoms with van der Waals surface area (Å²) < 4.78 is 0. The highest BCUT2D eigenvalue weighted by Crippen LogP contribution is 2.26. The van der Waals surface area contributed by atoms with E-state index < -0.39 is 0 Å². The van der Waals surface area contributed by atoms with E-state index in [9.17, 15) is 0 Å². The van der Waals surface area contributed by atoms with E-state index in [4.69, 9.17) is 16.9 Å². The fraction of sp³-hybridized carbons (Fsp3) is 0.533. The van der Waals surface area contributed by atoms with Gasteiger partial charge < -0.3 is 10.2 Å². The Kier molecular flexibility index (Phi) is 5.07. The van der Waals surface area contributed by atoms with Crippen LogP contribution in [0.2, 0.25) is 5.02 Å². The van der Waals surface area contributed by atoms with Crippen molar-refractivity contribution in [2.24, 2.45) is 0 Å². The summed E-state index contributed by atoms with van der Waals surface area (Å²) in [6.07, 6.45) is 3.54. The van der Waals surface area contributed by atoms with Gasteiger partial charge in [-0.1, -0.05) is 18.5 Å². The van der Waals surface area contributed by atoms with E-state index in [1.807, 2.05) is 18.2 Å². The minimum atomic E-state index is 0.526. The van der Waals surface area contributed by atoms with Crippen molar-refractivity contribution in [2.45, 2.75) is 32.2 Å². The molecule has 19 heavy (non-hydrogen) atoms. The maximum Gasteiger partial charge on any atom is 0.101 e. The Morgan fingerprint density at radius 3 is 2.95 bits per heavy atom. The monoisotopic (exact) mass is 277 g/mol. The molecule has 4 heteroatoms. The number of hydrogen-bond acceptors (Lipinski definition) is 3. The quantitative estimate of drug-likeness (QED) is 0.919. The van der Waals surface area contributed by atoms with Crippen LogP contribution < -0.4 is 10.2 Å². The zero-order valence-electron chi connectivity index (χ0n) is 11.3. The van der Waals surface area contributed by atoms with Gasteiger partial charge in [0, 0.05) is 24.8 Å². The maximum atomic E-state index is 8.94. The number of nitrogens with zero attached hydrogens (tertiary/aromatic N) is 2. The standard InChI is InChI=1S/C15H20ClN3/c1-2-8-19(14-4-3-7-18-11-14)13-6-5-12(10-17)15(16)9-13/h5-6,9,14,18H,2-4,7-8,11H2,1H3. The van der Waals surface area contributed by atoms with Crippen LogP contribution in [0.3, 0.4) is 0 Å². The molecule has 1 fully saturated rings. The van der Waals surface area contributed by atoms with E-state index in [0.717, 1.165) is 31.7 Å². The van der Waals surface area contributed by atoms with E-state index >= 15 is 0 Å². The zero-order valence-corrected chi connectivity index (χ0v) is 12.1.